The molecule has 2 rings (SSSR count). The van der Waals surface area contributed by atoms with Crippen molar-refractivity contribution in [2.75, 3.05) is 0 Å². The fraction of sp³-hybridized carbons (Fsp3) is 0.545. The predicted octanol–water partition coefficient (Wildman–Crippen LogP) is 0.482. The van der Waals surface area contributed by atoms with Crippen LogP contribution in [-0.2, 0) is 24.9 Å². The lowest BCUT2D eigenvalue weighted by molar-refractivity contribution is 0.0455. The molecule has 0 aliphatic carbocycles. The Balaban J connectivity index is 2.00. The summed E-state index contributed by atoms with van der Waals surface area (Å²) in [5.74, 6) is 0.119. The molecule has 8 heteroatoms. The van der Waals surface area contributed by atoms with Gasteiger partial charge in [-0.2, -0.15) is 5.10 Å². The minimum absolute atomic E-state index is 0.0557. The monoisotopic (exact) mass is 264 g/mol. The van der Waals surface area contributed by atoms with E-state index >= 15 is 0 Å². The van der Waals surface area contributed by atoms with Gasteiger partial charge in [-0.25, -0.2) is 9.48 Å². The van der Waals surface area contributed by atoms with Crippen molar-refractivity contribution in [2.45, 2.75) is 33.4 Å². The Bertz CT molecular complexity index is 574. The summed E-state index contributed by atoms with van der Waals surface area (Å²) in [5.41, 5.74) is 1.22. The first-order chi connectivity index (χ1) is 9.13. The average Bonchev–Trinajstić information content (AvgIpc) is 2.96. The maximum atomic E-state index is 11.9. The fourth-order valence-electron chi connectivity index (χ4n) is 1.62. The van der Waals surface area contributed by atoms with Gasteiger partial charge in [0.2, 0.25) is 0 Å². The molecule has 0 atom stereocenters. The largest absolute Gasteiger partial charge is 0.454 e. The molecule has 2 aromatic rings. The number of tetrazole rings is 1. The molecule has 0 saturated heterocycles. The molecule has 0 aliphatic heterocycles. The molecule has 0 aliphatic rings. The van der Waals surface area contributed by atoms with Crippen molar-refractivity contribution in [3.63, 3.8) is 0 Å². The molecule has 0 spiro atoms. The third kappa shape index (κ3) is 2.78. The molecule has 102 valence electrons. The van der Waals surface area contributed by atoms with E-state index in [4.69, 9.17) is 4.74 Å². The molecule has 0 N–H and O–H groups in total. The lowest BCUT2D eigenvalue weighted by Crippen LogP contribution is -2.11. The van der Waals surface area contributed by atoms with Gasteiger partial charge < -0.3 is 4.74 Å². The number of hydrogen-bond donors (Lipinski definition) is 0. The van der Waals surface area contributed by atoms with Gasteiger partial charge in [0, 0.05) is 19.3 Å². The van der Waals surface area contributed by atoms with Crippen molar-refractivity contribution in [3.05, 3.63) is 23.3 Å². The van der Waals surface area contributed by atoms with Crippen LogP contribution in [0.4, 0.5) is 0 Å². The second-order valence-corrected chi connectivity index (χ2v) is 4.16. The summed E-state index contributed by atoms with van der Waals surface area (Å²) in [7, 11) is 1.77. The number of rotatable bonds is 5. The molecule has 0 aromatic carbocycles. The summed E-state index contributed by atoms with van der Waals surface area (Å²) < 4.78 is 8.45. The van der Waals surface area contributed by atoms with E-state index < -0.39 is 5.97 Å². The molecule has 0 unspecified atom stereocenters. The van der Waals surface area contributed by atoms with Crippen LogP contribution in [0.5, 0.6) is 0 Å². The van der Waals surface area contributed by atoms with Crippen molar-refractivity contribution in [1.29, 1.82) is 0 Å². The van der Waals surface area contributed by atoms with Crippen LogP contribution < -0.4 is 0 Å². The third-order valence-corrected chi connectivity index (χ3v) is 2.83. The molecule has 0 bridgehead atoms. The summed E-state index contributed by atoms with van der Waals surface area (Å²) in [4.78, 5) is 11.9. The zero-order valence-corrected chi connectivity index (χ0v) is 11.2. The molecular weight excluding hydrogens is 248 g/mol. The molecule has 2 heterocycles. The van der Waals surface area contributed by atoms with E-state index in [-0.39, 0.29) is 6.61 Å². The number of aryl methyl sites for hydroxylation is 2. The van der Waals surface area contributed by atoms with Gasteiger partial charge in [0.15, 0.2) is 12.4 Å². The number of aromatic nitrogens is 6. The Morgan fingerprint density at radius 2 is 2.26 bits per heavy atom. The SMILES string of the molecule is CCCn1nnnc1COC(=O)c1cnn(C)c1C. The van der Waals surface area contributed by atoms with Gasteiger partial charge in [-0.15, -0.1) is 5.10 Å². The van der Waals surface area contributed by atoms with E-state index in [1.807, 2.05) is 13.8 Å². The maximum Gasteiger partial charge on any atom is 0.342 e. The van der Waals surface area contributed by atoms with Crippen LogP contribution in [0.15, 0.2) is 6.20 Å². The quantitative estimate of drug-likeness (QED) is 0.730. The zero-order chi connectivity index (χ0) is 13.8. The Labute approximate surface area is 110 Å². The topological polar surface area (TPSA) is 87.7 Å². The summed E-state index contributed by atoms with van der Waals surface area (Å²) in [6.07, 6.45) is 2.40. The molecule has 2 aromatic heterocycles. The number of carbonyl (C=O) groups excluding carboxylic acids is 1. The molecule has 0 amide bonds. The lowest BCUT2D eigenvalue weighted by atomic mass is 10.3. The van der Waals surface area contributed by atoms with Crippen molar-refractivity contribution in [1.82, 2.24) is 30.0 Å². The van der Waals surface area contributed by atoms with Gasteiger partial charge in [0.1, 0.15) is 5.56 Å². The van der Waals surface area contributed by atoms with Crippen LogP contribution in [-0.4, -0.2) is 36.0 Å². The van der Waals surface area contributed by atoms with Crippen LogP contribution in [0.25, 0.3) is 0 Å². The number of nitrogens with zero attached hydrogens (tertiary/aromatic N) is 6. The van der Waals surface area contributed by atoms with Gasteiger partial charge >= 0.3 is 5.97 Å². The van der Waals surface area contributed by atoms with E-state index in [9.17, 15) is 4.79 Å². The van der Waals surface area contributed by atoms with Gasteiger partial charge in [0.25, 0.3) is 0 Å². The second kappa shape index (κ2) is 5.59. The van der Waals surface area contributed by atoms with Gasteiger partial charge in [-0.1, -0.05) is 6.92 Å². The molecule has 8 nitrogen and oxygen atoms in total. The highest BCUT2D eigenvalue weighted by Gasteiger charge is 2.15. The van der Waals surface area contributed by atoms with E-state index in [2.05, 4.69) is 20.6 Å². The number of hydrogen-bond acceptors (Lipinski definition) is 6. The Morgan fingerprint density at radius 3 is 2.89 bits per heavy atom. The van der Waals surface area contributed by atoms with Crippen LogP contribution >= 0.6 is 0 Å². The maximum absolute atomic E-state index is 11.9. The first-order valence-electron chi connectivity index (χ1n) is 6.04. The van der Waals surface area contributed by atoms with Gasteiger partial charge in [0.05, 0.1) is 6.20 Å². The number of esters is 1. The first kappa shape index (κ1) is 13.2. The van der Waals surface area contributed by atoms with Crippen molar-refractivity contribution in [2.24, 2.45) is 7.05 Å². The van der Waals surface area contributed by atoms with Gasteiger partial charge in [-0.3, -0.25) is 4.68 Å². The second-order valence-electron chi connectivity index (χ2n) is 4.16. The summed E-state index contributed by atoms with van der Waals surface area (Å²) in [6.45, 7) is 4.59. The van der Waals surface area contributed by atoms with Crippen LogP contribution in [0.3, 0.4) is 0 Å². The minimum Gasteiger partial charge on any atom is -0.454 e. The fourth-order valence-corrected chi connectivity index (χ4v) is 1.62. The van der Waals surface area contributed by atoms with E-state index in [1.54, 1.807) is 16.4 Å². The minimum atomic E-state index is -0.420. The Morgan fingerprint density at radius 1 is 1.47 bits per heavy atom. The normalized spacial score (nSPS) is 10.7. The highest BCUT2D eigenvalue weighted by molar-refractivity contribution is 5.90. The lowest BCUT2D eigenvalue weighted by Gasteiger charge is -2.04. The van der Waals surface area contributed by atoms with Crippen molar-refractivity contribution < 1.29 is 9.53 Å². The standard InChI is InChI=1S/C11H16N6O2/c1-4-5-17-10(13-14-15-17)7-19-11(18)9-6-12-16(3)8(9)2/h6H,4-5,7H2,1-3H3. The Hall–Kier alpha value is -2.25. The van der Waals surface area contributed by atoms with Crippen molar-refractivity contribution in [3.8, 4) is 0 Å². The summed E-state index contributed by atoms with van der Waals surface area (Å²) in [6, 6.07) is 0. The highest BCUT2D eigenvalue weighted by atomic mass is 16.5. The van der Waals surface area contributed by atoms with E-state index in [0.717, 1.165) is 12.1 Å². The van der Waals surface area contributed by atoms with Gasteiger partial charge in [-0.05, 0) is 23.8 Å². The summed E-state index contributed by atoms with van der Waals surface area (Å²) in [5, 5.41) is 15.2. The smallest absolute Gasteiger partial charge is 0.342 e. The third-order valence-electron chi connectivity index (χ3n) is 2.83. The van der Waals surface area contributed by atoms with E-state index in [0.29, 0.717) is 17.9 Å². The molecule has 0 radical (unpaired) electrons. The first-order valence-corrected chi connectivity index (χ1v) is 6.04. The molecular formula is C11H16N6O2. The van der Waals surface area contributed by atoms with Crippen LogP contribution in [0.1, 0.15) is 35.2 Å². The average molecular weight is 264 g/mol. The number of carbonyl (C=O) groups is 1. The molecule has 0 fully saturated rings. The Kier molecular flexibility index (Phi) is 3.88. The zero-order valence-electron chi connectivity index (χ0n) is 11.2. The number of ether oxygens (including phenoxy) is 1. The van der Waals surface area contributed by atoms with Crippen LogP contribution in [0.2, 0.25) is 0 Å². The summed E-state index contributed by atoms with van der Waals surface area (Å²) >= 11 is 0. The van der Waals surface area contributed by atoms with E-state index in [1.165, 1.54) is 6.20 Å². The van der Waals surface area contributed by atoms with Crippen molar-refractivity contribution >= 4 is 5.97 Å². The van der Waals surface area contributed by atoms with Crippen LogP contribution in [0, 0.1) is 6.92 Å². The predicted molar refractivity (Wildman–Crippen MR) is 65.2 cm³/mol. The molecule has 19 heavy (non-hydrogen) atoms. The molecule has 0 saturated carbocycles. The highest BCUT2D eigenvalue weighted by Crippen LogP contribution is 2.08.